The molecule has 0 aliphatic heterocycles. The number of nitrogens with zero attached hydrogens (tertiary/aromatic N) is 1. The summed E-state index contributed by atoms with van der Waals surface area (Å²) in [6.45, 7) is 2.36. The van der Waals surface area contributed by atoms with Crippen molar-refractivity contribution in [1.29, 1.82) is 5.26 Å². The molecule has 0 saturated heterocycles. The van der Waals surface area contributed by atoms with Gasteiger partial charge < -0.3 is 0 Å². The van der Waals surface area contributed by atoms with Crippen molar-refractivity contribution in [3.63, 3.8) is 0 Å². The van der Waals surface area contributed by atoms with Gasteiger partial charge in [0.15, 0.2) is 0 Å². The van der Waals surface area contributed by atoms with Gasteiger partial charge in [0.25, 0.3) is 0 Å². The number of rotatable bonds is 3. The maximum absolute atomic E-state index is 9.04. The van der Waals surface area contributed by atoms with Crippen LogP contribution in [0.5, 0.6) is 0 Å². The molecule has 17 heavy (non-hydrogen) atoms. The van der Waals surface area contributed by atoms with E-state index in [0.717, 1.165) is 22.5 Å². The summed E-state index contributed by atoms with van der Waals surface area (Å²) in [4.78, 5) is 0. The van der Waals surface area contributed by atoms with E-state index >= 15 is 0 Å². The highest BCUT2D eigenvalue weighted by Crippen LogP contribution is 2.33. The first-order valence-electron chi connectivity index (χ1n) is 6.39. The minimum atomic E-state index is 0.797. The molecule has 1 aromatic carbocycles. The molecule has 1 nitrogen and oxygen atoms in total. The van der Waals surface area contributed by atoms with Crippen LogP contribution in [0.4, 0.5) is 0 Å². The molecule has 0 amide bonds. The molecule has 1 aliphatic carbocycles. The standard InChI is InChI=1S/C15H19NS/c1-12-5-4-8-15(9-12)17-11-14-7-3-2-6-13(14)10-16/h2-3,6-7,12,15H,4-5,8-9,11H2,1H3. The number of hydrogen-bond acceptors (Lipinski definition) is 2. The third kappa shape index (κ3) is 3.51. The Balaban J connectivity index is 1.91. The topological polar surface area (TPSA) is 23.8 Å². The third-order valence-electron chi connectivity index (χ3n) is 3.50. The summed E-state index contributed by atoms with van der Waals surface area (Å²) in [5.41, 5.74) is 2.03. The molecule has 1 fully saturated rings. The van der Waals surface area contributed by atoms with Gasteiger partial charge in [0.05, 0.1) is 11.6 Å². The second kappa shape index (κ2) is 6.12. The lowest BCUT2D eigenvalue weighted by Gasteiger charge is -2.26. The van der Waals surface area contributed by atoms with Crippen molar-refractivity contribution in [3.05, 3.63) is 35.4 Å². The molecule has 2 unspecified atom stereocenters. The molecular weight excluding hydrogens is 226 g/mol. The summed E-state index contributed by atoms with van der Waals surface area (Å²) in [7, 11) is 0. The van der Waals surface area contributed by atoms with E-state index in [4.69, 9.17) is 5.26 Å². The number of hydrogen-bond donors (Lipinski definition) is 0. The van der Waals surface area contributed by atoms with Crippen molar-refractivity contribution in [2.24, 2.45) is 5.92 Å². The van der Waals surface area contributed by atoms with Crippen LogP contribution < -0.4 is 0 Å². The molecule has 90 valence electrons. The highest BCUT2D eigenvalue weighted by atomic mass is 32.2. The van der Waals surface area contributed by atoms with Gasteiger partial charge in [-0.15, -0.1) is 0 Å². The average Bonchev–Trinajstić information content (AvgIpc) is 2.37. The van der Waals surface area contributed by atoms with Crippen molar-refractivity contribution in [1.82, 2.24) is 0 Å². The summed E-state index contributed by atoms with van der Waals surface area (Å²) in [5, 5.41) is 9.83. The number of thioether (sulfide) groups is 1. The zero-order chi connectivity index (χ0) is 12.1. The molecule has 2 atom stereocenters. The summed E-state index contributed by atoms with van der Waals surface area (Å²) in [6, 6.07) is 10.2. The van der Waals surface area contributed by atoms with E-state index in [0.29, 0.717) is 0 Å². The minimum Gasteiger partial charge on any atom is -0.192 e. The second-order valence-corrected chi connectivity index (χ2v) is 6.26. The van der Waals surface area contributed by atoms with Gasteiger partial charge in [0, 0.05) is 11.0 Å². The van der Waals surface area contributed by atoms with Crippen LogP contribution in [0.25, 0.3) is 0 Å². The molecule has 1 aromatic rings. The van der Waals surface area contributed by atoms with Gasteiger partial charge in [-0.05, 0) is 30.4 Å². The van der Waals surface area contributed by atoms with Gasteiger partial charge in [0.2, 0.25) is 0 Å². The lowest BCUT2D eigenvalue weighted by Crippen LogP contribution is -2.15. The lowest BCUT2D eigenvalue weighted by atomic mass is 9.91. The average molecular weight is 245 g/mol. The van der Waals surface area contributed by atoms with Crippen molar-refractivity contribution in [3.8, 4) is 6.07 Å². The smallest absolute Gasteiger partial charge is 0.0994 e. The van der Waals surface area contributed by atoms with Crippen molar-refractivity contribution < 1.29 is 0 Å². The Labute approximate surface area is 108 Å². The van der Waals surface area contributed by atoms with Gasteiger partial charge in [-0.3, -0.25) is 0 Å². The molecule has 2 heteroatoms. The third-order valence-corrected chi connectivity index (χ3v) is 4.88. The molecule has 1 saturated carbocycles. The summed E-state index contributed by atoms with van der Waals surface area (Å²) in [5.74, 6) is 1.87. The Kier molecular flexibility index (Phi) is 4.50. The van der Waals surface area contributed by atoms with Crippen molar-refractivity contribution in [2.75, 3.05) is 0 Å². The Morgan fingerprint density at radius 1 is 1.35 bits per heavy atom. The maximum Gasteiger partial charge on any atom is 0.0994 e. The molecule has 1 aliphatic rings. The summed E-state index contributed by atoms with van der Waals surface area (Å²) >= 11 is 2.03. The van der Waals surface area contributed by atoms with Crippen LogP contribution in [0.3, 0.4) is 0 Å². The van der Waals surface area contributed by atoms with Gasteiger partial charge in [-0.1, -0.05) is 38.0 Å². The zero-order valence-corrected chi connectivity index (χ0v) is 11.2. The number of nitriles is 1. The van der Waals surface area contributed by atoms with Crippen LogP contribution in [-0.2, 0) is 5.75 Å². The van der Waals surface area contributed by atoms with Gasteiger partial charge in [-0.25, -0.2) is 0 Å². The normalized spacial score (nSPS) is 24.2. The highest BCUT2D eigenvalue weighted by molar-refractivity contribution is 7.99. The maximum atomic E-state index is 9.04. The van der Waals surface area contributed by atoms with E-state index in [2.05, 4.69) is 19.1 Å². The fourth-order valence-corrected chi connectivity index (χ4v) is 3.96. The van der Waals surface area contributed by atoms with Crippen LogP contribution in [0, 0.1) is 17.2 Å². The van der Waals surface area contributed by atoms with E-state index < -0.39 is 0 Å². The molecular formula is C15H19NS. The monoisotopic (exact) mass is 245 g/mol. The largest absolute Gasteiger partial charge is 0.192 e. The summed E-state index contributed by atoms with van der Waals surface area (Å²) in [6.07, 6.45) is 5.47. The molecule has 0 aromatic heterocycles. The first-order valence-corrected chi connectivity index (χ1v) is 7.44. The molecule has 0 heterocycles. The fraction of sp³-hybridized carbons (Fsp3) is 0.533. The van der Waals surface area contributed by atoms with Crippen LogP contribution >= 0.6 is 11.8 Å². The van der Waals surface area contributed by atoms with Crippen LogP contribution in [0.15, 0.2) is 24.3 Å². The Morgan fingerprint density at radius 3 is 2.94 bits per heavy atom. The molecule has 0 bridgehead atoms. The highest BCUT2D eigenvalue weighted by Gasteiger charge is 2.19. The van der Waals surface area contributed by atoms with E-state index in [1.165, 1.54) is 31.2 Å². The van der Waals surface area contributed by atoms with Crippen molar-refractivity contribution >= 4 is 11.8 Å². The van der Waals surface area contributed by atoms with Crippen LogP contribution in [0.2, 0.25) is 0 Å². The fourth-order valence-electron chi connectivity index (χ4n) is 2.49. The van der Waals surface area contributed by atoms with Crippen LogP contribution in [-0.4, -0.2) is 5.25 Å². The zero-order valence-electron chi connectivity index (χ0n) is 10.4. The Bertz CT molecular complexity index is 408. The quantitative estimate of drug-likeness (QED) is 0.789. The Morgan fingerprint density at radius 2 is 2.18 bits per heavy atom. The van der Waals surface area contributed by atoms with Gasteiger partial charge in [0.1, 0.15) is 0 Å². The van der Waals surface area contributed by atoms with E-state index in [1.54, 1.807) is 0 Å². The van der Waals surface area contributed by atoms with Crippen LogP contribution in [0.1, 0.15) is 43.7 Å². The lowest BCUT2D eigenvalue weighted by molar-refractivity contribution is 0.394. The molecule has 2 rings (SSSR count). The number of benzene rings is 1. The van der Waals surface area contributed by atoms with Gasteiger partial charge in [-0.2, -0.15) is 17.0 Å². The van der Waals surface area contributed by atoms with Crippen molar-refractivity contribution in [2.45, 2.75) is 43.6 Å². The Hall–Kier alpha value is -0.940. The molecule has 0 spiro atoms. The SMILES string of the molecule is CC1CCCC(SCc2ccccc2C#N)C1. The van der Waals surface area contributed by atoms with E-state index in [9.17, 15) is 0 Å². The minimum absolute atomic E-state index is 0.797. The summed E-state index contributed by atoms with van der Waals surface area (Å²) < 4.78 is 0. The van der Waals surface area contributed by atoms with Gasteiger partial charge >= 0.3 is 0 Å². The molecule has 0 N–H and O–H groups in total. The van der Waals surface area contributed by atoms with E-state index in [1.807, 2.05) is 30.0 Å². The predicted octanol–water partition coefficient (Wildman–Crippen LogP) is 4.37. The first-order chi connectivity index (χ1) is 8.29. The predicted molar refractivity (Wildman–Crippen MR) is 73.9 cm³/mol. The van der Waals surface area contributed by atoms with E-state index in [-0.39, 0.29) is 0 Å². The molecule has 0 radical (unpaired) electrons. The first kappa shape index (κ1) is 12.5. The second-order valence-electron chi connectivity index (χ2n) is 4.97.